The lowest BCUT2D eigenvalue weighted by Crippen LogP contribution is -2.22. The summed E-state index contributed by atoms with van der Waals surface area (Å²) in [7, 11) is -0.746. The molecule has 0 aromatic rings. The van der Waals surface area contributed by atoms with E-state index >= 15 is 0 Å². The van der Waals surface area contributed by atoms with Gasteiger partial charge in [-0.05, 0) is 0 Å². The predicted molar refractivity (Wildman–Crippen MR) is 66.1 cm³/mol. The second-order valence-electron chi connectivity index (χ2n) is 5.04. The molecule has 0 aliphatic heterocycles. The van der Waals surface area contributed by atoms with Crippen molar-refractivity contribution in [3.63, 3.8) is 0 Å². The van der Waals surface area contributed by atoms with E-state index in [2.05, 4.69) is 26.9 Å². The van der Waals surface area contributed by atoms with Crippen molar-refractivity contribution in [1.82, 2.24) is 0 Å². The molecule has 0 rings (SSSR count). The van der Waals surface area contributed by atoms with Crippen LogP contribution in [0.2, 0.25) is 25.2 Å². The Labute approximate surface area is 86.1 Å². The first kappa shape index (κ1) is 13.2. The predicted octanol–water partition coefficient (Wildman–Crippen LogP) is 5.08. The number of unbranched alkanes of at least 4 members (excludes halogenated alkanes) is 5. The molecule has 0 nitrogen and oxygen atoms in total. The van der Waals surface area contributed by atoms with Crippen LogP contribution in [0.5, 0.6) is 0 Å². The average molecular weight is 200 g/mol. The first-order chi connectivity index (χ1) is 6.12. The molecular formula is C12H28Si. The summed E-state index contributed by atoms with van der Waals surface area (Å²) in [5.74, 6) is 0. The van der Waals surface area contributed by atoms with Crippen LogP contribution in [0.1, 0.15) is 52.4 Å². The van der Waals surface area contributed by atoms with E-state index in [1.807, 2.05) is 0 Å². The van der Waals surface area contributed by atoms with Crippen LogP contribution < -0.4 is 0 Å². The Kier molecular flexibility index (Phi) is 7.73. The van der Waals surface area contributed by atoms with Gasteiger partial charge < -0.3 is 0 Å². The van der Waals surface area contributed by atoms with E-state index in [4.69, 9.17) is 0 Å². The van der Waals surface area contributed by atoms with E-state index in [9.17, 15) is 0 Å². The van der Waals surface area contributed by atoms with Crippen LogP contribution in [0.25, 0.3) is 0 Å². The molecule has 0 N–H and O–H groups in total. The Balaban J connectivity index is 3.16. The van der Waals surface area contributed by atoms with Gasteiger partial charge in [0, 0.05) is 8.07 Å². The van der Waals surface area contributed by atoms with Gasteiger partial charge in [-0.3, -0.25) is 0 Å². The van der Waals surface area contributed by atoms with Crippen LogP contribution in [0.3, 0.4) is 0 Å². The normalized spacial score (nSPS) is 12.0. The summed E-state index contributed by atoms with van der Waals surface area (Å²) in [6.07, 6.45) is 8.73. The maximum atomic E-state index is 2.53. The highest BCUT2D eigenvalue weighted by molar-refractivity contribution is 6.77. The molecule has 80 valence electrons. The van der Waals surface area contributed by atoms with Gasteiger partial charge in [0.2, 0.25) is 0 Å². The van der Waals surface area contributed by atoms with Gasteiger partial charge in [-0.15, -0.1) is 0 Å². The van der Waals surface area contributed by atoms with E-state index in [0.717, 1.165) is 0 Å². The molecule has 0 radical (unpaired) electrons. The Bertz CT molecular complexity index is 108. The molecule has 0 aromatic carbocycles. The Morgan fingerprint density at radius 2 is 1.31 bits per heavy atom. The molecule has 0 aliphatic rings. The fraction of sp³-hybridized carbons (Fsp3) is 1.00. The molecule has 13 heavy (non-hydrogen) atoms. The molecule has 0 saturated carbocycles. The van der Waals surface area contributed by atoms with Gasteiger partial charge in [0.05, 0.1) is 0 Å². The van der Waals surface area contributed by atoms with Crippen molar-refractivity contribution in [2.24, 2.45) is 0 Å². The third-order valence-corrected chi connectivity index (χ3v) is 6.79. The third-order valence-electron chi connectivity index (χ3n) is 3.16. The quantitative estimate of drug-likeness (QED) is 0.379. The van der Waals surface area contributed by atoms with Gasteiger partial charge in [-0.2, -0.15) is 0 Å². The van der Waals surface area contributed by atoms with Crippen LogP contribution in [0, 0.1) is 0 Å². The lowest BCUT2D eigenvalue weighted by atomic mass is 10.1. The lowest BCUT2D eigenvalue weighted by Gasteiger charge is -2.19. The van der Waals surface area contributed by atoms with E-state index in [1.54, 1.807) is 6.04 Å². The molecule has 0 aliphatic carbocycles. The summed E-state index contributed by atoms with van der Waals surface area (Å²) >= 11 is 0. The SMILES string of the molecule is CCCCCCCC[Si](C)(C)CC. The molecule has 0 spiro atoms. The van der Waals surface area contributed by atoms with E-state index in [1.165, 1.54) is 44.6 Å². The smallest absolute Gasteiger partial charge is 0.0471 e. The van der Waals surface area contributed by atoms with Crippen molar-refractivity contribution in [2.75, 3.05) is 0 Å². The van der Waals surface area contributed by atoms with Crippen molar-refractivity contribution < 1.29 is 0 Å². The summed E-state index contributed by atoms with van der Waals surface area (Å²) in [5, 5.41) is 0. The average Bonchev–Trinajstić information content (AvgIpc) is 2.11. The second-order valence-corrected chi connectivity index (χ2v) is 10.6. The monoisotopic (exact) mass is 200 g/mol. The highest BCUT2D eigenvalue weighted by Crippen LogP contribution is 2.19. The molecule has 0 unspecified atom stereocenters. The fourth-order valence-electron chi connectivity index (χ4n) is 1.56. The van der Waals surface area contributed by atoms with Crippen LogP contribution in [0.15, 0.2) is 0 Å². The van der Waals surface area contributed by atoms with Gasteiger partial charge in [0.15, 0.2) is 0 Å². The van der Waals surface area contributed by atoms with E-state index in [-0.39, 0.29) is 0 Å². The number of hydrogen-bond acceptors (Lipinski definition) is 0. The largest absolute Gasteiger partial charge is 0.0694 e. The van der Waals surface area contributed by atoms with Crippen molar-refractivity contribution >= 4 is 8.07 Å². The topological polar surface area (TPSA) is 0 Å². The first-order valence-electron chi connectivity index (χ1n) is 6.12. The second kappa shape index (κ2) is 7.60. The maximum Gasteiger partial charge on any atom is 0.0471 e. The number of rotatable bonds is 8. The summed E-state index contributed by atoms with van der Waals surface area (Å²) in [4.78, 5) is 0. The lowest BCUT2D eigenvalue weighted by molar-refractivity contribution is 0.622. The molecule has 1 heteroatoms. The standard InChI is InChI=1S/C12H28Si/c1-5-7-8-9-10-11-12-13(3,4)6-2/h5-12H2,1-4H3. The minimum absolute atomic E-state index is 0.746. The first-order valence-corrected chi connectivity index (χ1v) is 9.54. The van der Waals surface area contributed by atoms with Gasteiger partial charge in [0.1, 0.15) is 0 Å². The summed E-state index contributed by atoms with van der Waals surface area (Å²) in [6, 6.07) is 3.01. The molecule has 0 saturated heterocycles. The molecule has 0 heterocycles. The molecule has 0 atom stereocenters. The molecule has 0 aromatic heterocycles. The fourth-order valence-corrected chi connectivity index (χ4v) is 3.12. The van der Waals surface area contributed by atoms with Gasteiger partial charge in [0.25, 0.3) is 0 Å². The summed E-state index contributed by atoms with van der Waals surface area (Å²) < 4.78 is 0. The van der Waals surface area contributed by atoms with Crippen LogP contribution in [0.4, 0.5) is 0 Å². The zero-order chi connectivity index (χ0) is 10.2. The van der Waals surface area contributed by atoms with Crippen molar-refractivity contribution in [1.29, 1.82) is 0 Å². The highest BCUT2D eigenvalue weighted by atomic mass is 28.3. The molecular weight excluding hydrogens is 172 g/mol. The minimum atomic E-state index is -0.746. The summed E-state index contributed by atoms with van der Waals surface area (Å²) in [6.45, 7) is 9.70. The van der Waals surface area contributed by atoms with Crippen molar-refractivity contribution in [3.05, 3.63) is 0 Å². The third kappa shape index (κ3) is 8.54. The Morgan fingerprint density at radius 1 is 0.769 bits per heavy atom. The van der Waals surface area contributed by atoms with Gasteiger partial charge in [-0.1, -0.05) is 77.6 Å². The highest BCUT2D eigenvalue weighted by Gasteiger charge is 2.16. The van der Waals surface area contributed by atoms with Crippen LogP contribution in [-0.2, 0) is 0 Å². The summed E-state index contributed by atoms with van der Waals surface area (Å²) in [5.41, 5.74) is 0. The zero-order valence-corrected chi connectivity index (χ0v) is 11.2. The Hall–Kier alpha value is 0.217. The van der Waals surface area contributed by atoms with Gasteiger partial charge >= 0.3 is 0 Å². The van der Waals surface area contributed by atoms with Crippen LogP contribution in [-0.4, -0.2) is 8.07 Å². The zero-order valence-electron chi connectivity index (χ0n) is 10.2. The molecule has 0 amide bonds. The van der Waals surface area contributed by atoms with Crippen molar-refractivity contribution in [2.45, 2.75) is 77.6 Å². The maximum absolute atomic E-state index is 2.53. The van der Waals surface area contributed by atoms with Crippen molar-refractivity contribution in [3.8, 4) is 0 Å². The minimum Gasteiger partial charge on any atom is -0.0694 e. The number of hydrogen-bond donors (Lipinski definition) is 0. The van der Waals surface area contributed by atoms with E-state index < -0.39 is 8.07 Å². The van der Waals surface area contributed by atoms with Crippen LogP contribution >= 0.6 is 0 Å². The Morgan fingerprint density at radius 3 is 1.85 bits per heavy atom. The van der Waals surface area contributed by atoms with Gasteiger partial charge in [-0.25, -0.2) is 0 Å². The molecule has 0 bridgehead atoms. The van der Waals surface area contributed by atoms with E-state index in [0.29, 0.717) is 0 Å². The molecule has 0 fully saturated rings.